The average molecular weight is 140 g/mol. The van der Waals surface area contributed by atoms with E-state index in [2.05, 4.69) is 4.99 Å². The van der Waals surface area contributed by atoms with Crippen molar-refractivity contribution in [3.8, 4) is 0 Å². The largest absolute Gasteiger partial charge is 0.480 e. The molecule has 4 heteroatoms. The molecule has 1 atom stereocenters. The summed E-state index contributed by atoms with van der Waals surface area (Å²) in [5, 5.41) is 8.46. The van der Waals surface area contributed by atoms with Crippen LogP contribution < -0.4 is 5.73 Å². The van der Waals surface area contributed by atoms with Gasteiger partial charge in [-0.15, -0.1) is 0 Å². The first-order valence-electron chi connectivity index (χ1n) is 2.93. The van der Waals surface area contributed by atoms with E-state index >= 15 is 0 Å². The van der Waals surface area contributed by atoms with Crippen LogP contribution in [0.2, 0.25) is 0 Å². The number of aliphatic imine (C=N–C) groups is 1. The smallest absolute Gasteiger partial charge is 0.328 e. The summed E-state index contributed by atoms with van der Waals surface area (Å²) in [4.78, 5) is 14.0. The molecular weight excluding hydrogens is 132 g/mol. The minimum Gasteiger partial charge on any atom is -0.480 e. The topological polar surface area (TPSA) is 75.7 Å². The molecule has 4 nitrogen and oxygen atoms in total. The van der Waals surface area contributed by atoms with Gasteiger partial charge in [0.2, 0.25) is 0 Å². The molecule has 0 aromatic carbocycles. The molecule has 0 bridgehead atoms. The van der Waals surface area contributed by atoms with Crippen LogP contribution in [0.25, 0.3) is 0 Å². The van der Waals surface area contributed by atoms with Crippen LogP contribution in [0.4, 0.5) is 0 Å². The van der Waals surface area contributed by atoms with Crippen molar-refractivity contribution in [3.63, 3.8) is 0 Å². The SMILES string of the molecule is NC1=N[C@@H](C(=O)O)CC=C1. The number of carbonyl (C=O) groups is 1. The number of aliphatic carboxylic acids is 1. The Kier molecular flexibility index (Phi) is 1.71. The molecule has 0 spiro atoms. The number of rotatable bonds is 1. The second-order valence-electron chi connectivity index (χ2n) is 2.05. The lowest BCUT2D eigenvalue weighted by Crippen LogP contribution is -2.24. The van der Waals surface area contributed by atoms with Crippen LogP contribution in [0, 0.1) is 0 Å². The summed E-state index contributed by atoms with van der Waals surface area (Å²) >= 11 is 0. The first-order chi connectivity index (χ1) is 4.70. The molecule has 0 unspecified atom stereocenters. The number of dihydropyridines is 1. The van der Waals surface area contributed by atoms with Gasteiger partial charge in [0.05, 0.1) is 0 Å². The molecule has 0 aliphatic carbocycles. The monoisotopic (exact) mass is 140 g/mol. The number of hydrogen-bond acceptors (Lipinski definition) is 3. The number of carboxylic acids is 1. The van der Waals surface area contributed by atoms with E-state index in [1.165, 1.54) is 0 Å². The number of nitrogens with zero attached hydrogens (tertiary/aromatic N) is 1. The van der Waals surface area contributed by atoms with Gasteiger partial charge >= 0.3 is 5.97 Å². The van der Waals surface area contributed by atoms with Crippen LogP contribution in [0.1, 0.15) is 6.42 Å². The maximum absolute atomic E-state index is 10.3. The molecule has 0 saturated carbocycles. The van der Waals surface area contributed by atoms with E-state index in [4.69, 9.17) is 10.8 Å². The highest BCUT2D eigenvalue weighted by molar-refractivity contribution is 5.94. The van der Waals surface area contributed by atoms with Crippen LogP contribution >= 0.6 is 0 Å². The summed E-state index contributed by atoms with van der Waals surface area (Å²) in [6, 6.07) is -0.676. The molecule has 1 heterocycles. The summed E-state index contributed by atoms with van der Waals surface area (Å²) in [5.74, 6) is -0.633. The van der Waals surface area contributed by atoms with Crippen LogP contribution in [-0.4, -0.2) is 23.0 Å². The van der Waals surface area contributed by atoms with Gasteiger partial charge in [-0.25, -0.2) is 4.79 Å². The van der Waals surface area contributed by atoms with E-state index in [-0.39, 0.29) is 0 Å². The predicted molar refractivity (Wildman–Crippen MR) is 36.8 cm³/mol. The Hall–Kier alpha value is -1.32. The Morgan fingerprint density at radius 3 is 3.00 bits per heavy atom. The van der Waals surface area contributed by atoms with E-state index in [1.54, 1.807) is 12.2 Å². The highest BCUT2D eigenvalue weighted by Gasteiger charge is 2.16. The van der Waals surface area contributed by atoms with Gasteiger partial charge in [-0.3, -0.25) is 4.99 Å². The summed E-state index contributed by atoms with van der Waals surface area (Å²) in [7, 11) is 0. The van der Waals surface area contributed by atoms with Crippen molar-refractivity contribution < 1.29 is 9.90 Å². The van der Waals surface area contributed by atoms with Gasteiger partial charge in [-0.2, -0.15) is 0 Å². The van der Waals surface area contributed by atoms with Crippen molar-refractivity contribution >= 4 is 11.8 Å². The summed E-state index contributed by atoms with van der Waals surface area (Å²) in [6.45, 7) is 0. The molecule has 3 N–H and O–H groups in total. The summed E-state index contributed by atoms with van der Waals surface area (Å²) in [6.07, 6.45) is 3.76. The third-order valence-electron chi connectivity index (χ3n) is 1.24. The van der Waals surface area contributed by atoms with E-state index in [9.17, 15) is 4.79 Å². The Morgan fingerprint density at radius 2 is 2.60 bits per heavy atom. The zero-order valence-electron chi connectivity index (χ0n) is 5.32. The number of amidine groups is 1. The lowest BCUT2D eigenvalue weighted by atomic mass is 10.1. The number of nitrogens with two attached hydrogens (primary N) is 1. The standard InChI is InChI=1S/C6H8N2O2/c7-5-3-1-2-4(8-5)6(9)10/h1,3-4H,2H2,(H2,7,8)(H,9,10)/t4-/m1/s1. The Morgan fingerprint density at radius 1 is 1.90 bits per heavy atom. The van der Waals surface area contributed by atoms with Gasteiger partial charge in [-0.05, 0) is 12.5 Å². The van der Waals surface area contributed by atoms with E-state index in [1.807, 2.05) is 0 Å². The van der Waals surface area contributed by atoms with Gasteiger partial charge < -0.3 is 10.8 Å². The predicted octanol–water partition coefficient (Wildman–Crippen LogP) is -0.243. The van der Waals surface area contributed by atoms with Crippen molar-refractivity contribution in [3.05, 3.63) is 12.2 Å². The van der Waals surface area contributed by atoms with Crippen molar-refractivity contribution in [2.24, 2.45) is 10.7 Å². The molecule has 0 radical (unpaired) electrons. The quantitative estimate of drug-likeness (QED) is 0.527. The first-order valence-corrected chi connectivity index (χ1v) is 2.93. The highest BCUT2D eigenvalue weighted by Crippen LogP contribution is 2.04. The molecule has 0 aromatic rings. The Bertz CT molecular complexity index is 208. The fourth-order valence-electron chi connectivity index (χ4n) is 0.749. The van der Waals surface area contributed by atoms with Crippen molar-refractivity contribution in [2.45, 2.75) is 12.5 Å². The first kappa shape index (κ1) is 6.80. The zero-order chi connectivity index (χ0) is 7.56. The molecule has 1 aliphatic rings. The third-order valence-corrected chi connectivity index (χ3v) is 1.24. The summed E-state index contributed by atoms with van der Waals surface area (Å²) in [5.41, 5.74) is 5.26. The van der Waals surface area contributed by atoms with Crippen LogP contribution in [0.15, 0.2) is 17.1 Å². The van der Waals surface area contributed by atoms with E-state index in [0.717, 1.165) is 0 Å². The fourth-order valence-corrected chi connectivity index (χ4v) is 0.749. The van der Waals surface area contributed by atoms with Crippen LogP contribution in [0.5, 0.6) is 0 Å². The third kappa shape index (κ3) is 1.34. The van der Waals surface area contributed by atoms with Crippen LogP contribution in [0.3, 0.4) is 0 Å². The maximum atomic E-state index is 10.3. The van der Waals surface area contributed by atoms with Gasteiger partial charge in [0.1, 0.15) is 5.84 Å². The molecule has 1 aliphatic heterocycles. The van der Waals surface area contributed by atoms with Gasteiger partial charge in [-0.1, -0.05) is 6.08 Å². The maximum Gasteiger partial charge on any atom is 0.328 e. The van der Waals surface area contributed by atoms with E-state index in [0.29, 0.717) is 12.3 Å². The van der Waals surface area contributed by atoms with Gasteiger partial charge in [0.25, 0.3) is 0 Å². The highest BCUT2D eigenvalue weighted by atomic mass is 16.4. The normalized spacial score (nSPS) is 24.0. The number of hydrogen-bond donors (Lipinski definition) is 2. The van der Waals surface area contributed by atoms with Gasteiger partial charge in [0.15, 0.2) is 6.04 Å². The molecule has 0 saturated heterocycles. The molecule has 0 fully saturated rings. The molecule has 0 aromatic heterocycles. The van der Waals surface area contributed by atoms with Gasteiger partial charge in [0, 0.05) is 0 Å². The summed E-state index contributed by atoms with van der Waals surface area (Å²) < 4.78 is 0. The van der Waals surface area contributed by atoms with Crippen molar-refractivity contribution in [1.29, 1.82) is 0 Å². The molecular formula is C6H8N2O2. The van der Waals surface area contributed by atoms with E-state index < -0.39 is 12.0 Å². The number of carboxylic acid groups (broad SMARTS) is 1. The molecule has 0 amide bonds. The second-order valence-corrected chi connectivity index (χ2v) is 2.05. The Balaban J connectivity index is 2.69. The molecule has 1 rings (SSSR count). The lowest BCUT2D eigenvalue weighted by Gasteiger charge is -2.08. The molecule has 10 heavy (non-hydrogen) atoms. The fraction of sp³-hybridized carbons (Fsp3) is 0.333. The molecule has 54 valence electrons. The second kappa shape index (κ2) is 2.51. The average Bonchev–Trinajstić information content (AvgIpc) is 1.88. The lowest BCUT2D eigenvalue weighted by molar-refractivity contribution is -0.138. The minimum atomic E-state index is -0.924. The zero-order valence-corrected chi connectivity index (χ0v) is 5.32. The van der Waals surface area contributed by atoms with Crippen molar-refractivity contribution in [2.75, 3.05) is 0 Å². The Labute approximate surface area is 58.1 Å². The minimum absolute atomic E-state index is 0.290. The van der Waals surface area contributed by atoms with Crippen molar-refractivity contribution in [1.82, 2.24) is 0 Å². The van der Waals surface area contributed by atoms with Crippen LogP contribution in [-0.2, 0) is 4.79 Å².